The Morgan fingerprint density at radius 3 is 2.36 bits per heavy atom. The number of nitrogens with two attached hydrogens (primary N) is 1. The molecule has 0 spiro atoms. The molecule has 1 amide bonds. The highest BCUT2D eigenvalue weighted by atomic mass is 35.5. The van der Waals surface area contributed by atoms with Crippen LogP contribution in [0, 0.1) is 0 Å². The topological polar surface area (TPSA) is 90.1 Å². The molecule has 0 bridgehead atoms. The molecule has 2 aromatic rings. The van der Waals surface area contributed by atoms with Gasteiger partial charge in [0.2, 0.25) is 0 Å². The van der Waals surface area contributed by atoms with E-state index in [9.17, 15) is 4.79 Å². The predicted molar refractivity (Wildman–Crippen MR) is 169 cm³/mol. The Hall–Kier alpha value is -1.22. The summed E-state index contributed by atoms with van der Waals surface area (Å²) in [6, 6.07) is 3.54. The fourth-order valence-electron chi connectivity index (χ4n) is 3.60. The van der Waals surface area contributed by atoms with Gasteiger partial charge in [0, 0.05) is 31.6 Å². The van der Waals surface area contributed by atoms with Crippen LogP contribution in [0.4, 0.5) is 0 Å². The maximum Gasteiger partial charge on any atom is 0.254 e. The van der Waals surface area contributed by atoms with Gasteiger partial charge in [-0.1, -0.05) is 89.2 Å². The van der Waals surface area contributed by atoms with Gasteiger partial charge in [-0.05, 0) is 66.6 Å². The highest BCUT2D eigenvalue weighted by molar-refractivity contribution is 6.74. The number of amides is 1. The highest BCUT2D eigenvalue weighted by Gasteiger charge is 2.36. The lowest BCUT2D eigenvalue weighted by Gasteiger charge is -2.36. The standard InChI is InChI=1S/C18H34N2OSi.C11H13Cl3N2O/c1-14(2)17-16(13-19)15(10-11-20-17)9-8-12-21-22(6,7)18(3,4)5;1-2-3-4-5-15-11(17)7-6-8(12)10(14)16-9(7)13/h10-11,14H,8-9,12-13,19H2,1-7H3;6H,2-5H2,1H3,(H,15,17). The zero-order valence-corrected chi connectivity index (χ0v) is 28.2. The van der Waals surface area contributed by atoms with Crippen LogP contribution in [0.3, 0.4) is 0 Å². The van der Waals surface area contributed by atoms with Crippen LogP contribution >= 0.6 is 34.8 Å². The summed E-state index contributed by atoms with van der Waals surface area (Å²) >= 11 is 17.3. The number of unbranched alkanes of at least 4 members (excludes halogenated alkanes) is 2. The van der Waals surface area contributed by atoms with Gasteiger partial charge in [0.25, 0.3) is 5.91 Å². The number of carbonyl (C=O) groups excluding carboxylic acids is 1. The molecule has 10 heteroatoms. The minimum Gasteiger partial charge on any atom is -0.417 e. The monoisotopic (exact) mass is 616 g/mol. The first-order chi connectivity index (χ1) is 18.2. The Labute approximate surface area is 251 Å². The number of halogens is 3. The van der Waals surface area contributed by atoms with Gasteiger partial charge in [0.05, 0.1) is 10.6 Å². The first kappa shape index (κ1) is 35.8. The number of nitrogens with one attached hydrogen (secondary N) is 1. The SMILES string of the molecule is CC(C)c1nccc(CCCO[Si](C)(C)C(C)(C)C)c1CN.CCCCCNC(=O)c1cc(Cl)c(Cl)nc1Cl. The van der Waals surface area contributed by atoms with E-state index in [1.54, 1.807) is 0 Å². The second-order valence-electron chi connectivity index (χ2n) is 11.5. The van der Waals surface area contributed by atoms with Gasteiger partial charge in [0.1, 0.15) is 10.3 Å². The van der Waals surface area contributed by atoms with Crippen molar-refractivity contribution in [3.05, 3.63) is 56.0 Å². The molecule has 2 heterocycles. The third kappa shape index (κ3) is 11.7. The predicted octanol–water partition coefficient (Wildman–Crippen LogP) is 8.58. The first-order valence-corrected chi connectivity index (χ1v) is 17.8. The van der Waals surface area contributed by atoms with E-state index in [0.717, 1.165) is 44.4 Å². The number of carbonyl (C=O) groups is 1. The molecular weight excluding hydrogens is 571 g/mol. The molecule has 0 saturated heterocycles. The van der Waals surface area contributed by atoms with E-state index >= 15 is 0 Å². The summed E-state index contributed by atoms with van der Waals surface area (Å²) < 4.78 is 6.26. The number of hydrogen-bond acceptors (Lipinski definition) is 5. The van der Waals surface area contributed by atoms with Gasteiger partial charge in [0.15, 0.2) is 8.32 Å². The van der Waals surface area contributed by atoms with Crippen LogP contribution in [0.25, 0.3) is 0 Å². The van der Waals surface area contributed by atoms with Crippen LogP contribution in [-0.2, 0) is 17.4 Å². The van der Waals surface area contributed by atoms with Gasteiger partial charge in [-0.25, -0.2) is 4.98 Å². The lowest BCUT2D eigenvalue weighted by Crippen LogP contribution is -2.41. The molecule has 0 saturated carbocycles. The lowest BCUT2D eigenvalue weighted by atomic mass is 9.97. The van der Waals surface area contributed by atoms with Crippen molar-refractivity contribution in [1.29, 1.82) is 0 Å². The molecule has 2 rings (SSSR count). The van der Waals surface area contributed by atoms with Crippen LogP contribution in [0.1, 0.15) is 100 Å². The largest absolute Gasteiger partial charge is 0.417 e. The van der Waals surface area contributed by atoms with Crippen molar-refractivity contribution in [3.63, 3.8) is 0 Å². The summed E-state index contributed by atoms with van der Waals surface area (Å²) in [5.74, 6) is 0.138. The number of nitrogens with zero attached hydrogens (tertiary/aromatic N) is 2. The van der Waals surface area contributed by atoms with Gasteiger partial charge >= 0.3 is 0 Å². The summed E-state index contributed by atoms with van der Waals surface area (Å²) in [6.07, 6.45) is 7.09. The molecular formula is C29H47Cl3N4O2Si. The van der Waals surface area contributed by atoms with E-state index < -0.39 is 8.32 Å². The quantitative estimate of drug-likeness (QED) is 0.141. The summed E-state index contributed by atoms with van der Waals surface area (Å²) in [4.78, 5) is 20.0. The lowest BCUT2D eigenvalue weighted by molar-refractivity contribution is 0.0952. The summed E-state index contributed by atoms with van der Waals surface area (Å²) in [5, 5.41) is 3.41. The van der Waals surface area contributed by atoms with Crippen molar-refractivity contribution < 1.29 is 9.22 Å². The number of aryl methyl sites for hydroxylation is 1. The second-order valence-corrected chi connectivity index (χ2v) is 17.4. The molecule has 39 heavy (non-hydrogen) atoms. The fourth-order valence-corrected chi connectivity index (χ4v) is 5.25. The molecule has 0 aromatic carbocycles. The van der Waals surface area contributed by atoms with Crippen molar-refractivity contribution in [2.24, 2.45) is 5.73 Å². The summed E-state index contributed by atoms with van der Waals surface area (Å²) in [6.45, 7) is 19.9. The van der Waals surface area contributed by atoms with Crippen LogP contribution in [0.15, 0.2) is 18.3 Å². The van der Waals surface area contributed by atoms with Crippen LogP contribution in [0.5, 0.6) is 0 Å². The normalized spacial score (nSPS) is 11.8. The summed E-state index contributed by atoms with van der Waals surface area (Å²) in [5.41, 5.74) is 9.91. The Balaban J connectivity index is 0.000000403. The molecule has 3 N–H and O–H groups in total. The van der Waals surface area contributed by atoms with E-state index in [-0.39, 0.29) is 31.8 Å². The third-order valence-corrected chi connectivity index (χ3v) is 12.5. The van der Waals surface area contributed by atoms with E-state index in [2.05, 4.69) is 76.0 Å². The molecule has 0 atom stereocenters. The molecule has 0 aliphatic heterocycles. The molecule has 0 aliphatic carbocycles. The molecule has 0 unspecified atom stereocenters. The molecule has 0 aliphatic rings. The van der Waals surface area contributed by atoms with E-state index in [4.69, 9.17) is 45.0 Å². The smallest absolute Gasteiger partial charge is 0.254 e. The zero-order chi connectivity index (χ0) is 29.8. The van der Waals surface area contributed by atoms with Gasteiger partial charge in [-0.15, -0.1) is 0 Å². The minimum atomic E-state index is -1.63. The van der Waals surface area contributed by atoms with E-state index in [1.165, 1.54) is 17.2 Å². The number of hydrogen-bond donors (Lipinski definition) is 2. The molecule has 2 aromatic heterocycles. The van der Waals surface area contributed by atoms with Gasteiger partial charge in [-0.2, -0.15) is 0 Å². The summed E-state index contributed by atoms with van der Waals surface area (Å²) in [7, 11) is -1.63. The Morgan fingerprint density at radius 2 is 1.79 bits per heavy atom. The highest BCUT2D eigenvalue weighted by Crippen LogP contribution is 2.36. The van der Waals surface area contributed by atoms with Crippen molar-refractivity contribution >= 4 is 49.0 Å². The van der Waals surface area contributed by atoms with Crippen molar-refractivity contribution in [2.75, 3.05) is 13.2 Å². The van der Waals surface area contributed by atoms with Crippen LogP contribution < -0.4 is 11.1 Å². The minimum absolute atomic E-state index is 0.0624. The van der Waals surface area contributed by atoms with Crippen LogP contribution in [0.2, 0.25) is 33.5 Å². The van der Waals surface area contributed by atoms with Gasteiger partial charge < -0.3 is 15.5 Å². The zero-order valence-electron chi connectivity index (χ0n) is 24.9. The van der Waals surface area contributed by atoms with Crippen molar-refractivity contribution in [1.82, 2.24) is 15.3 Å². The maximum atomic E-state index is 11.8. The molecule has 0 fully saturated rings. The maximum absolute atomic E-state index is 11.8. The Morgan fingerprint density at radius 1 is 1.13 bits per heavy atom. The fraction of sp³-hybridized carbons (Fsp3) is 0.621. The van der Waals surface area contributed by atoms with E-state index in [1.807, 2.05) is 6.20 Å². The number of aromatic nitrogens is 2. The molecule has 0 radical (unpaired) electrons. The average molecular weight is 618 g/mol. The first-order valence-electron chi connectivity index (χ1n) is 13.8. The van der Waals surface area contributed by atoms with Gasteiger partial charge in [-0.3, -0.25) is 9.78 Å². The number of pyridine rings is 2. The Bertz CT molecular complexity index is 1060. The Kier molecular flexibility index (Phi) is 15.5. The number of rotatable bonds is 12. The van der Waals surface area contributed by atoms with E-state index in [0.29, 0.717) is 19.0 Å². The third-order valence-electron chi connectivity index (χ3n) is 6.99. The molecule has 220 valence electrons. The molecule has 6 nitrogen and oxygen atoms in total. The second kappa shape index (κ2) is 16.9. The van der Waals surface area contributed by atoms with Crippen molar-refractivity contribution in [3.8, 4) is 0 Å². The van der Waals surface area contributed by atoms with Crippen LogP contribution in [-0.4, -0.2) is 37.3 Å². The average Bonchev–Trinajstić information content (AvgIpc) is 2.86. The van der Waals surface area contributed by atoms with Crippen molar-refractivity contribution in [2.45, 2.75) is 104 Å².